The van der Waals surface area contributed by atoms with Crippen LogP contribution < -0.4 is 25.3 Å². The van der Waals surface area contributed by atoms with E-state index in [-0.39, 0.29) is 23.4 Å². The van der Waals surface area contributed by atoms with Crippen molar-refractivity contribution in [2.75, 3.05) is 79.9 Å². The minimum absolute atomic E-state index is 0.184. The zero-order chi connectivity index (χ0) is 31.5. The molecule has 3 fully saturated rings. The smallest absolute Gasteiger partial charge is 0.277 e. The maximum Gasteiger partial charge on any atom is 0.277 e. The number of piperazine rings is 1. The van der Waals surface area contributed by atoms with Gasteiger partial charge >= 0.3 is 0 Å². The van der Waals surface area contributed by atoms with Crippen molar-refractivity contribution in [3.05, 3.63) is 65.4 Å². The molecule has 0 spiro atoms. The van der Waals surface area contributed by atoms with E-state index < -0.39 is 0 Å². The zero-order valence-electron chi connectivity index (χ0n) is 26.5. The third kappa shape index (κ3) is 6.92. The Balaban J connectivity index is 1.23. The van der Waals surface area contributed by atoms with E-state index in [1.165, 1.54) is 17.5 Å². The van der Waals surface area contributed by atoms with Gasteiger partial charge in [0.1, 0.15) is 6.26 Å². The molecule has 6 rings (SSSR count). The van der Waals surface area contributed by atoms with Gasteiger partial charge in [-0.3, -0.25) is 14.4 Å². The maximum atomic E-state index is 13.6. The highest BCUT2D eigenvalue weighted by Crippen LogP contribution is 2.40. The van der Waals surface area contributed by atoms with E-state index in [9.17, 15) is 14.4 Å². The molecule has 3 amide bonds. The van der Waals surface area contributed by atoms with Crippen LogP contribution in [0.1, 0.15) is 70.3 Å². The lowest BCUT2D eigenvalue weighted by atomic mass is 10.1. The Morgan fingerprint density at radius 3 is 2.40 bits per heavy atom. The van der Waals surface area contributed by atoms with Gasteiger partial charge < -0.3 is 34.7 Å². The number of carbonyl (C=O) groups is 3. The first-order valence-electron chi connectivity index (χ1n) is 16.0. The van der Waals surface area contributed by atoms with Crippen LogP contribution in [0.5, 0.6) is 0 Å². The summed E-state index contributed by atoms with van der Waals surface area (Å²) in [6, 6.07) is 12.2. The number of para-hydroxylation sites is 1. The molecule has 1 saturated carbocycles. The molecule has 0 atom stereocenters. The Morgan fingerprint density at radius 2 is 1.73 bits per heavy atom. The molecule has 11 heteroatoms. The van der Waals surface area contributed by atoms with Gasteiger partial charge in [0.2, 0.25) is 5.91 Å². The van der Waals surface area contributed by atoms with E-state index in [0.717, 1.165) is 63.4 Å². The normalized spacial score (nSPS) is 16.7. The van der Waals surface area contributed by atoms with Crippen molar-refractivity contribution in [1.82, 2.24) is 15.2 Å². The van der Waals surface area contributed by atoms with Crippen molar-refractivity contribution in [2.45, 2.75) is 44.9 Å². The van der Waals surface area contributed by atoms with E-state index in [1.807, 2.05) is 30.0 Å². The number of likely N-dealkylation sites (tertiary alicyclic amines) is 1. The van der Waals surface area contributed by atoms with Crippen LogP contribution in [0, 0.1) is 6.92 Å². The summed E-state index contributed by atoms with van der Waals surface area (Å²) in [7, 11) is 3.83. The van der Waals surface area contributed by atoms with E-state index in [2.05, 4.69) is 56.6 Å². The first-order valence-corrected chi connectivity index (χ1v) is 16.0. The van der Waals surface area contributed by atoms with Gasteiger partial charge in [0.15, 0.2) is 11.6 Å². The molecule has 45 heavy (non-hydrogen) atoms. The van der Waals surface area contributed by atoms with E-state index in [0.29, 0.717) is 49.0 Å². The second-order valence-corrected chi connectivity index (χ2v) is 12.4. The van der Waals surface area contributed by atoms with Crippen LogP contribution in [0.15, 0.2) is 47.1 Å². The topological polar surface area (TPSA) is 114 Å². The number of hydrogen-bond donors (Lipinski definition) is 2. The summed E-state index contributed by atoms with van der Waals surface area (Å²) in [5.74, 6) is 0.486. The van der Waals surface area contributed by atoms with Crippen LogP contribution in [-0.4, -0.2) is 87.5 Å². The van der Waals surface area contributed by atoms with E-state index in [1.54, 1.807) is 6.07 Å². The number of amides is 3. The molecule has 11 nitrogen and oxygen atoms in total. The maximum absolute atomic E-state index is 13.6. The highest BCUT2D eigenvalue weighted by atomic mass is 16.3. The first-order chi connectivity index (χ1) is 21.8. The third-order valence-electron chi connectivity index (χ3n) is 8.91. The average Bonchev–Trinajstić information content (AvgIpc) is 3.62. The van der Waals surface area contributed by atoms with Crippen molar-refractivity contribution in [3.8, 4) is 0 Å². The lowest BCUT2D eigenvalue weighted by Gasteiger charge is -2.39. The van der Waals surface area contributed by atoms with Crippen molar-refractivity contribution in [1.29, 1.82) is 0 Å². The Kier molecular flexibility index (Phi) is 8.95. The number of carbonyl (C=O) groups excluding carboxylic acids is 3. The Labute approximate surface area is 264 Å². The molecule has 3 heterocycles. The fraction of sp³-hybridized carbons (Fsp3) is 0.471. The second kappa shape index (κ2) is 13.2. The molecule has 0 unspecified atom stereocenters. The van der Waals surface area contributed by atoms with Gasteiger partial charge in [-0.2, -0.15) is 0 Å². The third-order valence-corrected chi connectivity index (χ3v) is 8.91. The lowest BCUT2D eigenvalue weighted by Crippen LogP contribution is -2.47. The van der Waals surface area contributed by atoms with Crippen LogP contribution in [-0.2, 0) is 4.79 Å². The predicted molar refractivity (Wildman–Crippen MR) is 176 cm³/mol. The predicted octanol–water partition coefficient (Wildman–Crippen LogP) is 4.25. The number of benzene rings is 2. The van der Waals surface area contributed by atoms with E-state index in [4.69, 9.17) is 4.42 Å². The number of nitrogens with one attached hydrogen (secondary N) is 2. The summed E-state index contributed by atoms with van der Waals surface area (Å²) in [6.45, 7) is 7.15. The molecular formula is C34H43N7O4. The van der Waals surface area contributed by atoms with Gasteiger partial charge in [-0.1, -0.05) is 18.2 Å². The van der Waals surface area contributed by atoms with Crippen LogP contribution >= 0.6 is 0 Å². The largest absolute Gasteiger partial charge is 0.448 e. The molecule has 2 aromatic carbocycles. The van der Waals surface area contributed by atoms with Gasteiger partial charge in [0.25, 0.3) is 11.8 Å². The highest BCUT2D eigenvalue weighted by molar-refractivity contribution is 6.08. The molecule has 3 aliphatic rings. The fourth-order valence-corrected chi connectivity index (χ4v) is 6.20. The van der Waals surface area contributed by atoms with Crippen LogP contribution in [0.2, 0.25) is 0 Å². The highest BCUT2D eigenvalue weighted by Gasteiger charge is 2.30. The summed E-state index contributed by atoms with van der Waals surface area (Å²) in [4.78, 5) is 51.8. The molecule has 2 aliphatic heterocycles. The minimum Gasteiger partial charge on any atom is -0.448 e. The van der Waals surface area contributed by atoms with Crippen molar-refractivity contribution in [3.63, 3.8) is 0 Å². The SMILES string of the molecule is Cc1ccccc1N1CCN(c2cc(N(C)C)c(C(=O)NCCCN3CCCC3=O)cc2NC(=O)c2coc(C3CC3)n2)CC1. The van der Waals surface area contributed by atoms with Crippen molar-refractivity contribution < 1.29 is 18.8 Å². The van der Waals surface area contributed by atoms with Gasteiger partial charge in [-0.15, -0.1) is 0 Å². The van der Waals surface area contributed by atoms with Gasteiger partial charge in [-0.05, 0) is 56.4 Å². The van der Waals surface area contributed by atoms with E-state index >= 15 is 0 Å². The molecule has 1 aromatic heterocycles. The molecule has 0 bridgehead atoms. The summed E-state index contributed by atoms with van der Waals surface area (Å²) in [6.07, 6.45) is 5.65. The Hall–Kier alpha value is -4.54. The van der Waals surface area contributed by atoms with Crippen LogP contribution in [0.25, 0.3) is 0 Å². The van der Waals surface area contributed by atoms with Crippen LogP contribution in [0.3, 0.4) is 0 Å². The number of nitrogens with zero attached hydrogens (tertiary/aromatic N) is 5. The minimum atomic E-state index is -0.371. The number of anilines is 4. The van der Waals surface area contributed by atoms with Gasteiger partial charge in [0.05, 0.1) is 22.6 Å². The first kappa shape index (κ1) is 30.5. The second-order valence-electron chi connectivity index (χ2n) is 12.4. The number of hydrogen-bond acceptors (Lipinski definition) is 8. The summed E-state index contributed by atoms with van der Waals surface area (Å²) in [5.41, 5.74) is 5.34. The molecule has 238 valence electrons. The molecular weight excluding hydrogens is 570 g/mol. The Bertz CT molecular complexity index is 1560. The number of rotatable bonds is 11. The monoisotopic (exact) mass is 613 g/mol. The summed E-state index contributed by atoms with van der Waals surface area (Å²) >= 11 is 0. The zero-order valence-corrected chi connectivity index (χ0v) is 26.5. The average molecular weight is 614 g/mol. The van der Waals surface area contributed by atoms with Crippen molar-refractivity contribution in [2.24, 2.45) is 0 Å². The number of oxazole rings is 1. The number of aryl methyl sites for hydroxylation is 1. The molecule has 2 saturated heterocycles. The lowest BCUT2D eigenvalue weighted by molar-refractivity contribution is -0.127. The standard InChI is InChI=1S/C34H43N7O4/c1-23-8-4-5-9-28(23)39-16-18-40(19-17-39)30-21-29(38(2)3)25(32(43)35-13-7-15-41-14-6-10-31(41)42)20-26(30)36-33(44)27-22-45-34(37-27)24-11-12-24/h4-5,8-9,20-22,24H,6-7,10-19H2,1-3H3,(H,35,43)(H,36,44). The summed E-state index contributed by atoms with van der Waals surface area (Å²) < 4.78 is 5.59. The summed E-state index contributed by atoms with van der Waals surface area (Å²) in [5, 5.41) is 6.09. The van der Waals surface area contributed by atoms with Gasteiger partial charge in [0, 0.05) is 77.9 Å². The quantitative estimate of drug-likeness (QED) is 0.309. The molecule has 3 aromatic rings. The fourth-order valence-electron chi connectivity index (χ4n) is 6.20. The molecule has 2 N–H and O–H groups in total. The number of aromatic nitrogens is 1. The Morgan fingerprint density at radius 1 is 1.00 bits per heavy atom. The van der Waals surface area contributed by atoms with Gasteiger partial charge in [-0.25, -0.2) is 4.98 Å². The molecule has 1 aliphatic carbocycles. The van der Waals surface area contributed by atoms with Crippen LogP contribution in [0.4, 0.5) is 22.7 Å². The van der Waals surface area contributed by atoms with Crippen molar-refractivity contribution >= 4 is 40.5 Å². The molecule has 0 radical (unpaired) electrons.